The number of amides is 4. The fraction of sp³-hybridized carbons (Fsp3) is 0.429. The highest BCUT2D eigenvalue weighted by molar-refractivity contribution is 7.14. The minimum atomic E-state index is -0.546. The molecule has 1 aromatic heterocycles. The fourth-order valence-electron chi connectivity index (χ4n) is 3.82. The van der Waals surface area contributed by atoms with Gasteiger partial charge in [-0.1, -0.05) is 19.3 Å². The summed E-state index contributed by atoms with van der Waals surface area (Å²) >= 11 is 1.30. The molecule has 31 heavy (non-hydrogen) atoms. The molecule has 2 fully saturated rings. The second-order valence-corrected chi connectivity index (χ2v) is 8.59. The summed E-state index contributed by atoms with van der Waals surface area (Å²) in [5.74, 6) is -1.14. The van der Waals surface area contributed by atoms with Crippen molar-refractivity contribution in [3.63, 3.8) is 0 Å². The number of urea groups is 1. The van der Waals surface area contributed by atoms with Crippen molar-refractivity contribution < 1.29 is 18.8 Å². The number of hydrogen-bond donors (Lipinski definition) is 3. The van der Waals surface area contributed by atoms with E-state index in [0.717, 1.165) is 32.1 Å². The Morgan fingerprint density at radius 1 is 1.23 bits per heavy atom. The monoisotopic (exact) mass is 445 g/mol. The summed E-state index contributed by atoms with van der Waals surface area (Å²) in [5, 5.41) is 10.4. The second-order valence-electron chi connectivity index (χ2n) is 7.75. The molecule has 0 radical (unpaired) electrons. The van der Waals surface area contributed by atoms with Gasteiger partial charge in [-0.15, -0.1) is 11.3 Å². The first kappa shape index (κ1) is 21.2. The molecule has 2 aromatic rings. The molecule has 10 heteroatoms. The van der Waals surface area contributed by atoms with Crippen LogP contribution in [0.5, 0.6) is 0 Å². The van der Waals surface area contributed by atoms with E-state index >= 15 is 0 Å². The summed E-state index contributed by atoms with van der Waals surface area (Å²) in [6.07, 6.45) is 4.81. The lowest BCUT2D eigenvalue weighted by Crippen LogP contribution is -2.27. The van der Waals surface area contributed by atoms with Gasteiger partial charge in [0, 0.05) is 30.1 Å². The van der Waals surface area contributed by atoms with Crippen LogP contribution < -0.4 is 20.9 Å². The summed E-state index contributed by atoms with van der Waals surface area (Å²) in [5.41, 5.74) is 0.995. The van der Waals surface area contributed by atoms with Crippen molar-refractivity contribution in [3.05, 3.63) is 35.1 Å². The van der Waals surface area contributed by atoms with E-state index in [-0.39, 0.29) is 35.9 Å². The number of nitrogens with zero attached hydrogens (tertiary/aromatic N) is 2. The predicted molar refractivity (Wildman–Crippen MR) is 117 cm³/mol. The summed E-state index contributed by atoms with van der Waals surface area (Å²) in [6, 6.07) is 3.90. The zero-order valence-corrected chi connectivity index (χ0v) is 17.8. The van der Waals surface area contributed by atoms with Gasteiger partial charge in [-0.2, -0.15) is 0 Å². The number of anilines is 3. The lowest BCUT2D eigenvalue weighted by molar-refractivity contribution is -0.120. The molecule has 1 aromatic carbocycles. The number of rotatable bonds is 6. The molecule has 0 unspecified atom stereocenters. The first-order chi connectivity index (χ1) is 15.0. The van der Waals surface area contributed by atoms with Crippen molar-refractivity contribution >= 4 is 45.7 Å². The Morgan fingerprint density at radius 2 is 2.03 bits per heavy atom. The van der Waals surface area contributed by atoms with Crippen LogP contribution in [0.4, 0.5) is 25.7 Å². The van der Waals surface area contributed by atoms with E-state index in [9.17, 15) is 18.8 Å². The number of thiazole rings is 1. The van der Waals surface area contributed by atoms with Crippen LogP contribution in [0.15, 0.2) is 23.6 Å². The first-order valence-electron chi connectivity index (χ1n) is 10.4. The van der Waals surface area contributed by atoms with Crippen LogP contribution in [0.25, 0.3) is 0 Å². The number of aromatic nitrogens is 1. The summed E-state index contributed by atoms with van der Waals surface area (Å²) < 4.78 is 14.2. The maximum atomic E-state index is 14.2. The molecule has 4 rings (SSSR count). The van der Waals surface area contributed by atoms with Gasteiger partial charge in [0.15, 0.2) is 5.13 Å². The number of nitrogens with one attached hydrogen (secondary N) is 3. The number of benzene rings is 1. The highest BCUT2D eigenvalue weighted by Gasteiger charge is 2.24. The predicted octanol–water partition coefficient (Wildman–Crippen LogP) is 3.51. The molecule has 1 saturated heterocycles. The number of hydrogen-bond acceptors (Lipinski definition) is 5. The SMILES string of the molecule is O=C(Cc1csc(N2CCNC2=O)n1)Nc1ccc(F)c(NC(=O)C2CCCCC2)c1. The Morgan fingerprint density at radius 3 is 2.77 bits per heavy atom. The van der Waals surface area contributed by atoms with Crippen molar-refractivity contribution in [3.8, 4) is 0 Å². The van der Waals surface area contributed by atoms with Gasteiger partial charge in [0.1, 0.15) is 5.82 Å². The molecule has 0 atom stereocenters. The molecule has 1 saturated carbocycles. The van der Waals surface area contributed by atoms with Crippen molar-refractivity contribution in [2.24, 2.45) is 5.92 Å². The van der Waals surface area contributed by atoms with Gasteiger partial charge in [-0.3, -0.25) is 14.5 Å². The van der Waals surface area contributed by atoms with Crippen LogP contribution in [0.3, 0.4) is 0 Å². The van der Waals surface area contributed by atoms with E-state index in [2.05, 4.69) is 20.9 Å². The quantitative estimate of drug-likeness (QED) is 0.633. The summed E-state index contributed by atoms with van der Waals surface area (Å²) in [7, 11) is 0. The zero-order chi connectivity index (χ0) is 21.8. The Balaban J connectivity index is 1.36. The van der Waals surface area contributed by atoms with E-state index < -0.39 is 5.82 Å². The van der Waals surface area contributed by atoms with Crippen LogP contribution in [0.1, 0.15) is 37.8 Å². The van der Waals surface area contributed by atoms with E-state index in [1.807, 2.05) is 0 Å². The third kappa shape index (κ3) is 5.19. The van der Waals surface area contributed by atoms with Crippen LogP contribution in [0.2, 0.25) is 0 Å². The second kappa shape index (κ2) is 9.42. The third-order valence-electron chi connectivity index (χ3n) is 5.45. The zero-order valence-electron chi connectivity index (χ0n) is 16.9. The van der Waals surface area contributed by atoms with Crippen LogP contribution in [-0.4, -0.2) is 35.9 Å². The highest BCUT2D eigenvalue weighted by atomic mass is 32.1. The van der Waals surface area contributed by atoms with Crippen LogP contribution >= 0.6 is 11.3 Å². The van der Waals surface area contributed by atoms with Crippen molar-refractivity contribution in [1.82, 2.24) is 10.3 Å². The standard InChI is InChI=1S/C21H24FN5O3S/c22-16-7-6-14(10-17(16)26-19(29)13-4-2-1-3-5-13)24-18(28)11-15-12-31-21(25-15)27-9-8-23-20(27)30/h6-7,10,12-13H,1-5,8-9,11H2,(H,23,30)(H,24,28)(H,26,29). The van der Waals surface area contributed by atoms with Crippen molar-refractivity contribution in [2.45, 2.75) is 38.5 Å². The smallest absolute Gasteiger partial charge is 0.323 e. The minimum Gasteiger partial charge on any atom is -0.336 e. The molecule has 1 aliphatic heterocycles. The Bertz CT molecular complexity index is 989. The Kier molecular flexibility index (Phi) is 6.45. The topological polar surface area (TPSA) is 103 Å². The van der Waals surface area contributed by atoms with Gasteiger partial charge >= 0.3 is 6.03 Å². The Hall–Kier alpha value is -3.01. The molecule has 8 nitrogen and oxygen atoms in total. The fourth-order valence-corrected chi connectivity index (χ4v) is 4.67. The van der Waals surface area contributed by atoms with Gasteiger partial charge in [0.05, 0.1) is 17.8 Å². The van der Waals surface area contributed by atoms with Gasteiger partial charge in [0.2, 0.25) is 11.8 Å². The van der Waals surface area contributed by atoms with E-state index in [1.54, 1.807) is 5.38 Å². The van der Waals surface area contributed by atoms with Crippen molar-refractivity contribution in [2.75, 3.05) is 28.6 Å². The molecule has 1 aliphatic carbocycles. The van der Waals surface area contributed by atoms with E-state index in [4.69, 9.17) is 0 Å². The number of halogens is 1. The molecule has 4 amide bonds. The van der Waals surface area contributed by atoms with Crippen LogP contribution in [0, 0.1) is 11.7 Å². The minimum absolute atomic E-state index is 0.0209. The highest BCUT2D eigenvalue weighted by Crippen LogP contribution is 2.27. The molecular formula is C21H24FN5O3S. The lowest BCUT2D eigenvalue weighted by atomic mass is 9.88. The van der Waals surface area contributed by atoms with E-state index in [1.165, 1.54) is 34.4 Å². The largest absolute Gasteiger partial charge is 0.336 e. The Labute approximate surface area is 183 Å². The normalized spacial score (nSPS) is 16.8. The number of carbonyl (C=O) groups excluding carboxylic acids is 3. The molecule has 2 heterocycles. The molecule has 0 spiro atoms. The molecule has 0 bridgehead atoms. The summed E-state index contributed by atoms with van der Waals surface area (Å²) in [6.45, 7) is 1.11. The third-order valence-corrected chi connectivity index (χ3v) is 6.37. The average molecular weight is 446 g/mol. The van der Waals surface area contributed by atoms with E-state index in [0.29, 0.717) is 29.6 Å². The molecular weight excluding hydrogens is 421 g/mol. The maximum absolute atomic E-state index is 14.2. The molecule has 2 aliphatic rings. The molecule has 164 valence electrons. The van der Waals surface area contributed by atoms with Gasteiger partial charge in [-0.25, -0.2) is 14.2 Å². The molecule has 3 N–H and O–H groups in total. The number of carbonyl (C=O) groups is 3. The maximum Gasteiger partial charge on any atom is 0.323 e. The van der Waals surface area contributed by atoms with Crippen LogP contribution in [-0.2, 0) is 16.0 Å². The average Bonchev–Trinajstić information content (AvgIpc) is 3.39. The van der Waals surface area contributed by atoms with Gasteiger partial charge < -0.3 is 16.0 Å². The summed E-state index contributed by atoms with van der Waals surface area (Å²) in [4.78, 5) is 42.5. The first-order valence-corrected chi connectivity index (χ1v) is 11.3. The lowest BCUT2D eigenvalue weighted by Gasteiger charge is -2.21. The van der Waals surface area contributed by atoms with Gasteiger partial charge in [0.25, 0.3) is 0 Å². The van der Waals surface area contributed by atoms with Gasteiger partial charge in [-0.05, 0) is 31.0 Å². The van der Waals surface area contributed by atoms with Crippen molar-refractivity contribution in [1.29, 1.82) is 0 Å².